The molecular weight excluding hydrogens is 444 g/mol. The first-order chi connectivity index (χ1) is 15.9. The van der Waals surface area contributed by atoms with E-state index in [0.29, 0.717) is 22.2 Å². The molecule has 3 heterocycles. The number of amides is 1. The van der Waals surface area contributed by atoms with Gasteiger partial charge in [-0.05, 0) is 32.0 Å². The van der Waals surface area contributed by atoms with Crippen LogP contribution in [0.5, 0.6) is 0 Å². The zero-order valence-electron chi connectivity index (χ0n) is 18.1. The number of carbonyl (C=O) groups is 2. The predicted octanol–water partition coefficient (Wildman–Crippen LogP) is 2.58. The number of hydrogen-bond donors (Lipinski definition) is 1. The van der Waals surface area contributed by atoms with Crippen LogP contribution in [0.2, 0.25) is 0 Å². The van der Waals surface area contributed by atoms with Gasteiger partial charge in [-0.1, -0.05) is 18.2 Å². The van der Waals surface area contributed by atoms with Crippen molar-refractivity contribution in [3.8, 4) is 16.5 Å². The second-order valence-corrected chi connectivity index (χ2v) is 7.94. The first-order valence-electron chi connectivity index (χ1n) is 9.95. The monoisotopic (exact) mass is 464 g/mol. The third kappa shape index (κ3) is 4.44. The summed E-state index contributed by atoms with van der Waals surface area (Å²) in [5.41, 5.74) is 0.994. The molecule has 0 bridgehead atoms. The molecule has 4 rings (SSSR count). The van der Waals surface area contributed by atoms with Crippen molar-refractivity contribution in [2.45, 2.75) is 20.0 Å². The molecule has 33 heavy (non-hydrogen) atoms. The Hall–Kier alpha value is -4.12. The largest absolute Gasteiger partial charge is 0.448 e. The molecule has 0 saturated carbocycles. The average Bonchev–Trinajstić information content (AvgIpc) is 3.40. The average molecular weight is 465 g/mol. The lowest BCUT2D eigenvalue weighted by Crippen LogP contribution is -2.32. The third-order valence-electron chi connectivity index (χ3n) is 4.93. The zero-order chi connectivity index (χ0) is 23.5. The minimum atomic E-state index is -1.15. The number of thiazole rings is 1. The second kappa shape index (κ2) is 9.17. The van der Waals surface area contributed by atoms with Crippen molar-refractivity contribution in [2.75, 3.05) is 5.32 Å². The van der Waals surface area contributed by atoms with Crippen LogP contribution in [-0.4, -0.2) is 42.3 Å². The molecule has 1 amide bonds. The van der Waals surface area contributed by atoms with E-state index in [1.807, 2.05) is 18.2 Å². The van der Waals surface area contributed by atoms with Gasteiger partial charge in [-0.3, -0.25) is 14.3 Å². The maximum absolute atomic E-state index is 12.9. The number of carbonyl (C=O) groups excluding carboxylic acids is 2. The molecule has 0 spiro atoms. The van der Waals surface area contributed by atoms with Gasteiger partial charge in [-0.15, -0.1) is 11.3 Å². The van der Waals surface area contributed by atoms with E-state index in [1.54, 1.807) is 49.2 Å². The number of esters is 1. The quantitative estimate of drug-likeness (QED) is 0.435. The Balaban J connectivity index is 1.47. The van der Waals surface area contributed by atoms with Crippen molar-refractivity contribution in [3.63, 3.8) is 0 Å². The highest BCUT2D eigenvalue weighted by atomic mass is 32.1. The molecule has 0 fully saturated rings. The van der Waals surface area contributed by atoms with Crippen molar-refractivity contribution in [1.82, 2.24) is 24.3 Å². The van der Waals surface area contributed by atoms with Crippen LogP contribution >= 0.6 is 11.3 Å². The highest BCUT2D eigenvalue weighted by molar-refractivity contribution is 7.13. The fourth-order valence-corrected chi connectivity index (χ4v) is 3.83. The summed E-state index contributed by atoms with van der Waals surface area (Å²) in [4.78, 5) is 50.5. The van der Waals surface area contributed by atoms with E-state index in [0.717, 1.165) is 0 Å². The fourth-order valence-electron chi connectivity index (χ4n) is 3.09. The lowest BCUT2D eigenvalue weighted by atomic mass is 10.3. The van der Waals surface area contributed by atoms with Crippen molar-refractivity contribution >= 4 is 28.9 Å². The summed E-state index contributed by atoms with van der Waals surface area (Å²) in [5.74, 6) is -1.000. The number of aromatic nitrogens is 5. The second-order valence-electron chi connectivity index (χ2n) is 7.08. The summed E-state index contributed by atoms with van der Waals surface area (Å²) >= 11 is 1.19. The van der Waals surface area contributed by atoms with E-state index < -0.39 is 18.0 Å². The molecule has 4 aromatic rings. The van der Waals surface area contributed by atoms with E-state index in [4.69, 9.17) is 4.74 Å². The lowest BCUT2D eigenvalue weighted by molar-refractivity contribution is -0.123. The molecule has 1 atom stereocenters. The minimum absolute atomic E-state index is 0.0458. The zero-order valence-corrected chi connectivity index (χ0v) is 18.9. The van der Waals surface area contributed by atoms with Gasteiger partial charge in [0.15, 0.2) is 22.6 Å². The molecule has 10 nitrogen and oxygen atoms in total. The van der Waals surface area contributed by atoms with Gasteiger partial charge in [0.25, 0.3) is 11.5 Å². The smallest absolute Gasteiger partial charge is 0.358 e. The van der Waals surface area contributed by atoms with Gasteiger partial charge in [0, 0.05) is 24.8 Å². The summed E-state index contributed by atoms with van der Waals surface area (Å²) in [7, 11) is 1.72. The predicted molar refractivity (Wildman–Crippen MR) is 122 cm³/mol. The highest BCUT2D eigenvalue weighted by Crippen LogP contribution is 2.20. The van der Waals surface area contributed by atoms with E-state index in [1.165, 1.54) is 28.3 Å². The Bertz CT molecular complexity index is 1360. The van der Waals surface area contributed by atoms with Gasteiger partial charge < -0.3 is 10.1 Å². The summed E-state index contributed by atoms with van der Waals surface area (Å²) in [6, 6.07) is 10.7. The maximum Gasteiger partial charge on any atom is 0.358 e. The van der Waals surface area contributed by atoms with Crippen LogP contribution in [-0.2, 0) is 16.6 Å². The van der Waals surface area contributed by atoms with Crippen LogP contribution < -0.4 is 10.9 Å². The van der Waals surface area contributed by atoms with Gasteiger partial charge in [0.05, 0.1) is 11.4 Å². The van der Waals surface area contributed by atoms with E-state index in [-0.39, 0.29) is 16.9 Å². The number of benzene rings is 1. The first-order valence-corrected chi connectivity index (χ1v) is 10.8. The number of rotatable bonds is 6. The molecule has 0 aliphatic carbocycles. The Labute approximate surface area is 192 Å². The van der Waals surface area contributed by atoms with E-state index in [9.17, 15) is 14.4 Å². The van der Waals surface area contributed by atoms with Crippen LogP contribution in [0.3, 0.4) is 0 Å². The van der Waals surface area contributed by atoms with Crippen molar-refractivity contribution in [2.24, 2.45) is 7.05 Å². The van der Waals surface area contributed by atoms with Gasteiger partial charge in [-0.25, -0.2) is 24.4 Å². The Morgan fingerprint density at radius 3 is 2.52 bits per heavy atom. The summed E-state index contributed by atoms with van der Waals surface area (Å²) in [6.07, 6.45) is 2.00. The summed E-state index contributed by atoms with van der Waals surface area (Å²) < 4.78 is 8.35. The standard InChI is InChI=1S/C22H20N6O4S/c1-13-17(21(30)28(27(13)3)15-8-5-4-6-9-15)26-19(29)14(2)32-22(31)16-12-33-20(25-16)18-23-10-7-11-24-18/h4-12,14H,1-3H3,(H,26,29). The van der Waals surface area contributed by atoms with Gasteiger partial charge in [0.2, 0.25) is 0 Å². The number of ether oxygens (including phenoxy) is 1. The Morgan fingerprint density at radius 2 is 1.82 bits per heavy atom. The van der Waals surface area contributed by atoms with Gasteiger partial charge in [-0.2, -0.15) is 0 Å². The molecule has 0 aliphatic heterocycles. The van der Waals surface area contributed by atoms with Crippen LogP contribution in [0.15, 0.2) is 59.0 Å². The van der Waals surface area contributed by atoms with Crippen molar-refractivity contribution in [1.29, 1.82) is 0 Å². The van der Waals surface area contributed by atoms with Crippen LogP contribution in [0.1, 0.15) is 23.1 Å². The number of anilines is 1. The number of nitrogens with one attached hydrogen (secondary N) is 1. The number of hydrogen-bond acceptors (Lipinski definition) is 8. The minimum Gasteiger partial charge on any atom is -0.448 e. The molecule has 0 aliphatic rings. The lowest BCUT2D eigenvalue weighted by Gasteiger charge is -2.12. The third-order valence-corrected chi connectivity index (χ3v) is 5.76. The molecule has 1 N–H and O–H groups in total. The van der Waals surface area contributed by atoms with E-state index >= 15 is 0 Å². The number of nitrogens with zero attached hydrogens (tertiary/aromatic N) is 5. The SMILES string of the molecule is Cc1c(NC(=O)C(C)OC(=O)c2csc(-c3ncccn3)n2)c(=O)n(-c2ccccc2)n1C. The first kappa shape index (κ1) is 22.1. The molecule has 11 heteroatoms. The molecule has 0 saturated heterocycles. The molecular formula is C22H20N6O4S. The van der Waals surface area contributed by atoms with Crippen molar-refractivity contribution < 1.29 is 14.3 Å². The van der Waals surface area contributed by atoms with Crippen LogP contribution in [0.4, 0.5) is 5.69 Å². The van der Waals surface area contributed by atoms with Crippen LogP contribution in [0.25, 0.3) is 16.5 Å². The Kier molecular flexibility index (Phi) is 6.13. The molecule has 1 aromatic carbocycles. The molecule has 3 aromatic heterocycles. The Morgan fingerprint density at radius 1 is 1.12 bits per heavy atom. The maximum atomic E-state index is 12.9. The molecule has 0 radical (unpaired) electrons. The van der Waals surface area contributed by atoms with Gasteiger partial charge in [0.1, 0.15) is 5.69 Å². The topological polar surface area (TPSA) is 121 Å². The molecule has 168 valence electrons. The van der Waals surface area contributed by atoms with Gasteiger partial charge >= 0.3 is 5.97 Å². The summed E-state index contributed by atoms with van der Waals surface area (Å²) in [6.45, 7) is 3.14. The fraction of sp³-hybridized carbons (Fsp3) is 0.182. The van der Waals surface area contributed by atoms with Crippen LogP contribution in [0, 0.1) is 6.92 Å². The summed E-state index contributed by atoms with van der Waals surface area (Å²) in [5, 5.41) is 4.56. The normalized spacial score (nSPS) is 11.7. The van der Waals surface area contributed by atoms with Crippen molar-refractivity contribution in [3.05, 3.63) is 75.9 Å². The molecule has 1 unspecified atom stereocenters. The number of para-hydroxylation sites is 1. The highest BCUT2D eigenvalue weighted by Gasteiger charge is 2.24. The van der Waals surface area contributed by atoms with E-state index in [2.05, 4.69) is 20.3 Å².